The maximum absolute atomic E-state index is 14.4. The van der Waals surface area contributed by atoms with Crippen LogP contribution >= 0.6 is 24.0 Å². The van der Waals surface area contributed by atoms with Gasteiger partial charge in [0.1, 0.15) is 5.82 Å². The van der Waals surface area contributed by atoms with Crippen LogP contribution in [0.1, 0.15) is 31.2 Å². The zero-order valence-electron chi connectivity index (χ0n) is 17.7. The Labute approximate surface area is 194 Å². The number of nitrogens with one attached hydrogen (secondary N) is 2. The third kappa shape index (κ3) is 5.50. The quantitative estimate of drug-likeness (QED) is 0.344. The van der Waals surface area contributed by atoms with Gasteiger partial charge < -0.3 is 20.1 Å². The molecule has 1 amide bonds. The molecular weight excluding hydrogens is 498 g/mol. The highest BCUT2D eigenvalue weighted by Crippen LogP contribution is 2.38. The normalized spacial score (nSPS) is 15.4. The second kappa shape index (κ2) is 10.7. The van der Waals surface area contributed by atoms with Crippen molar-refractivity contribution in [3.05, 3.63) is 48.3 Å². The first kappa shape index (κ1) is 24.1. The van der Waals surface area contributed by atoms with Gasteiger partial charge in [0.05, 0.1) is 17.4 Å². The van der Waals surface area contributed by atoms with Gasteiger partial charge in [0, 0.05) is 46.6 Å². The van der Waals surface area contributed by atoms with E-state index in [0.29, 0.717) is 24.7 Å². The number of rotatable bonds is 6. The van der Waals surface area contributed by atoms with E-state index < -0.39 is 0 Å². The Kier molecular flexibility index (Phi) is 8.63. The minimum absolute atomic E-state index is 0. The molecule has 1 fully saturated rings. The monoisotopic (exact) mass is 528 g/mol. The molecule has 1 aliphatic rings. The number of guanidine groups is 1. The summed E-state index contributed by atoms with van der Waals surface area (Å²) < 4.78 is 16.1. The number of hydrogen-bond donors (Lipinski definition) is 2. The smallest absolute Gasteiger partial charge is 0.230 e. The van der Waals surface area contributed by atoms with Crippen LogP contribution in [0.3, 0.4) is 0 Å². The van der Waals surface area contributed by atoms with Crippen molar-refractivity contribution >= 4 is 35.8 Å². The molecule has 3 rings (SSSR count). The minimum atomic E-state index is -0.375. The van der Waals surface area contributed by atoms with Crippen molar-refractivity contribution < 1.29 is 9.18 Å². The number of aromatic nitrogens is 2. The molecule has 30 heavy (non-hydrogen) atoms. The van der Waals surface area contributed by atoms with E-state index in [9.17, 15) is 9.18 Å². The first-order chi connectivity index (χ1) is 13.9. The van der Waals surface area contributed by atoms with Crippen LogP contribution in [0.15, 0.2) is 41.9 Å². The van der Waals surface area contributed by atoms with E-state index in [-0.39, 0.29) is 41.1 Å². The zero-order chi connectivity index (χ0) is 20.9. The third-order valence-corrected chi connectivity index (χ3v) is 5.49. The van der Waals surface area contributed by atoms with Gasteiger partial charge in [-0.3, -0.25) is 9.79 Å². The van der Waals surface area contributed by atoms with Crippen molar-refractivity contribution in [2.75, 3.05) is 27.7 Å². The first-order valence-electron chi connectivity index (χ1n) is 9.88. The Balaban J connectivity index is 0.00000320. The number of halogens is 2. The Morgan fingerprint density at radius 2 is 2.03 bits per heavy atom. The molecular formula is C21H30FIN6O. The van der Waals surface area contributed by atoms with E-state index in [4.69, 9.17) is 0 Å². The number of amides is 1. The molecule has 1 saturated carbocycles. The molecule has 9 heteroatoms. The van der Waals surface area contributed by atoms with Crippen LogP contribution in [0.2, 0.25) is 0 Å². The van der Waals surface area contributed by atoms with Gasteiger partial charge in [0.25, 0.3) is 0 Å². The lowest BCUT2D eigenvalue weighted by molar-refractivity contribution is -0.138. The molecule has 0 atom stereocenters. The van der Waals surface area contributed by atoms with Gasteiger partial charge in [-0.1, -0.05) is 18.9 Å². The predicted octanol–water partition coefficient (Wildman–Crippen LogP) is 2.94. The second-order valence-corrected chi connectivity index (χ2v) is 7.72. The summed E-state index contributed by atoms with van der Waals surface area (Å²) in [6.45, 7) is 0.965. The van der Waals surface area contributed by atoms with E-state index in [1.807, 2.05) is 6.07 Å². The molecule has 164 valence electrons. The van der Waals surface area contributed by atoms with Gasteiger partial charge in [-0.15, -0.1) is 24.0 Å². The van der Waals surface area contributed by atoms with Gasteiger partial charge in [-0.2, -0.15) is 0 Å². The van der Waals surface area contributed by atoms with E-state index >= 15 is 0 Å². The Morgan fingerprint density at radius 3 is 2.60 bits per heavy atom. The predicted molar refractivity (Wildman–Crippen MR) is 127 cm³/mol. The number of carbonyl (C=O) groups excluding carboxylic acids is 1. The van der Waals surface area contributed by atoms with Crippen molar-refractivity contribution in [3.8, 4) is 5.69 Å². The average molecular weight is 528 g/mol. The maximum atomic E-state index is 14.4. The van der Waals surface area contributed by atoms with E-state index in [1.54, 1.807) is 55.4 Å². The summed E-state index contributed by atoms with van der Waals surface area (Å²) >= 11 is 0. The highest BCUT2D eigenvalue weighted by Gasteiger charge is 2.42. The van der Waals surface area contributed by atoms with E-state index in [0.717, 1.165) is 31.2 Å². The second-order valence-electron chi connectivity index (χ2n) is 7.72. The minimum Gasteiger partial charge on any atom is -0.355 e. The SMILES string of the molecule is CN=C(NCc1ccc(-n2ccnc2)c(F)c1)NCC1(C(=O)N(C)C)CCCC1.I. The molecule has 0 aliphatic heterocycles. The van der Waals surface area contributed by atoms with Crippen molar-refractivity contribution in [2.45, 2.75) is 32.2 Å². The number of benzene rings is 1. The lowest BCUT2D eigenvalue weighted by Crippen LogP contribution is -2.49. The summed E-state index contributed by atoms with van der Waals surface area (Å²) in [6.07, 6.45) is 8.78. The van der Waals surface area contributed by atoms with Crippen LogP contribution in [-0.4, -0.2) is 54.0 Å². The van der Waals surface area contributed by atoms with Gasteiger partial charge in [-0.05, 0) is 30.5 Å². The van der Waals surface area contributed by atoms with Crippen LogP contribution in [0.25, 0.3) is 5.69 Å². The summed E-state index contributed by atoms with van der Waals surface area (Å²) in [5.74, 6) is 0.448. The summed E-state index contributed by atoms with van der Waals surface area (Å²) in [5, 5.41) is 6.50. The molecule has 0 radical (unpaired) electrons. The molecule has 0 spiro atoms. The maximum Gasteiger partial charge on any atom is 0.230 e. The van der Waals surface area contributed by atoms with Gasteiger partial charge in [-0.25, -0.2) is 9.37 Å². The van der Waals surface area contributed by atoms with Crippen molar-refractivity contribution in [1.29, 1.82) is 0 Å². The van der Waals surface area contributed by atoms with Gasteiger partial charge >= 0.3 is 0 Å². The summed E-state index contributed by atoms with van der Waals surface area (Å²) in [5.41, 5.74) is 0.882. The Bertz CT molecular complexity index is 862. The van der Waals surface area contributed by atoms with E-state index in [1.165, 1.54) is 6.07 Å². The van der Waals surface area contributed by atoms with Crippen molar-refractivity contribution in [3.63, 3.8) is 0 Å². The molecule has 0 unspecified atom stereocenters. The average Bonchev–Trinajstić information content (AvgIpc) is 3.40. The molecule has 1 aliphatic carbocycles. The fourth-order valence-electron chi connectivity index (χ4n) is 3.92. The van der Waals surface area contributed by atoms with Crippen LogP contribution in [0, 0.1) is 11.2 Å². The van der Waals surface area contributed by atoms with Crippen LogP contribution in [0.4, 0.5) is 4.39 Å². The van der Waals surface area contributed by atoms with Gasteiger partial charge in [0.15, 0.2) is 5.96 Å². The van der Waals surface area contributed by atoms with Crippen LogP contribution in [0.5, 0.6) is 0 Å². The fraction of sp³-hybridized carbons (Fsp3) is 0.476. The molecule has 0 bridgehead atoms. The molecule has 7 nitrogen and oxygen atoms in total. The molecule has 1 aromatic heterocycles. The molecule has 2 aromatic rings. The number of imidazole rings is 1. The summed E-state index contributed by atoms with van der Waals surface area (Å²) in [4.78, 5) is 22.6. The van der Waals surface area contributed by atoms with Crippen molar-refractivity contribution in [2.24, 2.45) is 10.4 Å². The summed E-state index contributed by atoms with van der Waals surface area (Å²) in [7, 11) is 5.29. The largest absolute Gasteiger partial charge is 0.355 e. The lowest BCUT2D eigenvalue weighted by atomic mass is 9.84. The van der Waals surface area contributed by atoms with E-state index in [2.05, 4.69) is 20.6 Å². The molecule has 1 aromatic carbocycles. The van der Waals surface area contributed by atoms with Crippen molar-refractivity contribution in [1.82, 2.24) is 25.1 Å². The number of nitrogens with zero attached hydrogens (tertiary/aromatic N) is 4. The number of hydrogen-bond acceptors (Lipinski definition) is 3. The Hall–Kier alpha value is -2.17. The lowest BCUT2D eigenvalue weighted by Gasteiger charge is -2.31. The molecule has 0 saturated heterocycles. The number of carbonyl (C=O) groups is 1. The topological polar surface area (TPSA) is 74.5 Å². The highest BCUT2D eigenvalue weighted by molar-refractivity contribution is 14.0. The fourth-order valence-corrected chi connectivity index (χ4v) is 3.92. The summed E-state index contributed by atoms with van der Waals surface area (Å²) in [6, 6.07) is 5.10. The molecule has 2 N–H and O–H groups in total. The standard InChI is InChI=1S/C21H29FN6O.HI/c1-23-20(26-14-21(8-4-5-9-21)19(29)27(2)3)25-13-16-6-7-18(17(22)12-16)28-11-10-24-15-28;/h6-7,10-12,15H,4-5,8-9,13-14H2,1-3H3,(H2,23,25,26);1H. The van der Waals surface area contributed by atoms with Gasteiger partial charge in [0.2, 0.25) is 5.91 Å². The zero-order valence-corrected chi connectivity index (χ0v) is 20.0. The first-order valence-corrected chi connectivity index (χ1v) is 9.88. The Morgan fingerprint density at radius 1 is 1.30 bits per heavy atom. The number of aliphatic imine (C=N–C) groups is 1. The molecule has 1 heterocycles. The van der Waals surface area contributed by atoms with Crippen LogP contribution in [-0.2, 0) is 11.3 Å². The van der Waals surface area contributed by atoms with Crippen LogP contribution < -0.4 is 10.6 Å². The highest BCUT2D eigenvalue weighted by atomic mass is 127. The third-order valence-electron chi connectivity index (χ3n) is 5.49.